The maximum Gasteiger partial charge on any atom is 0.355 e. The standard InChI is InChI=1S/C11H14BrFN4O/c1-7-4-5-9(13)10(8(7)6-12)17-11(18)15(2)16(3)14-17/h4-5,14H,6H2,1-3H3. The largest absolute Gasteiger partial charge is 0.355 e. The van der Waals surface area contributed by atoms with E-state index in [9.17, 15) is 9.18 Å². The van der Waals surface area contributed by atoms with E-state index in [2.05, 4.69) is 21.5 Å². The van der Waals surface area contributed by atoms with E-state index in [-0.39, 0.29) is 11.7 Å². The molecular weight excluding hydrogens is 303 g/mol. The number of aryl methyl sites for hydroxylation is 1. The maximum atomic E-state index is 14.0. The van der Waals surface area contributed by atoms with Gasteiger partial charge in [-0.15, -0.1) is 10.7 Å². The molecule has 0 atom stereocenters. The van der Waals surface area contributed by atoms with Gasteiger partial charge in [0.25, 0.3) is 0 Å². The molecule has 1 aliphatic heterocycles. The van der Waals surface area contributed by atoms with Gasteiger partial charge in [-0.2, -0.15) is 0 Å². The highest BCUT2D eigenvalue weighted by atomic mass is 79.9. The second-order valence-electron chi connectivity index (χ2n) is 4.09. The number of halogens is 2. The number of carbonyl (C=O) groups is 1. The van der Waals surface area contributed by atoms with Crippen molar-refractivity contribution in [3.05, 3.63) is 29.1 Å². The number of rotatable bonds is 2. The smallest absolute Gasteiger partial charge is 0.245 e. The van der Waals surface area contributed by atoms with Crippen molar-refractivity contribution >= 4 is 27.6 Å². The number of urea groups is 1. The third-order valence-corrected chi connectivity index (χ3v) is 3.55. The number of nitrogens with one attached hydrogen (secondary N) is 1. The molecule has 0 saturated carbocycles. The quantitative estimate of drug-likeness (QED) is 0.850. The Kier molecular flexibility index (Phi) is 3.56. The van der Waals surface area contributed by atoms with E-state index >= 15 is 0 Å². The Hall–Kier alpha value is -1.18. The summed E-state index contributed by atoms with van der Waals surface area (Å²) in [6.07, 6.45) is 0. The summed E-state index contributed by atoms with van der Waals surface area (Å²) in [6, 6.07) is 2.73. The Balaban J connectivity index is 2.52. The first-order valence-corrected chi connectivity index (χ1v) is 6.51. The van der Waals surface area contributed by atoms with E-state index in [1.165, 1.54) is 21.2 Å². The first-order chi connectivity index (χ1) is 8.47. The van der Waals surface area contributed by atoms with Crippen LogP contribution in [0.15, 0.2) is 12.1 Å². The molecule has 1 N–H and O–H groups in total. The second kappa shape index (κ2) is 4.83. The zero-order chi connectivity index (χ0) is 13.4. The molecule has 0 aliphatic carbocycles. The summed E-state index contributed by atoms with van der Waals surface area (Å²) in [4.78, 5) is 12.0. The molecule has 0 bridgehead atoms. The molecule has 5 nitrogen and oxygen atoms in total. The molecule has 0 radical (unpaired) electrons. The average molecular weight is 317 g/mol. The lowest BCUT2D eigenvalue weighted by atomic mass is 10.1. The molecule has 0 unspecified atom stereocenters. The summed E-state index contributed by atoms with van der Waals surface area (Å²) in [5.41, 5.74) is 4.73. The van der Waals surface area contributed by atoms with Gasteiger partial charge in [0.1, 0.15) is 11.5 Å². The predicted octanol–water partition coefficient (Wildman–Crippen LogP) is 2.17. The fourth-order valence-corrected chi connectivity index (χ4v) is 2.50. The minimum atomic E-state index is -0.431. The topological polar surface area (TPSA) is 38.8 Å². The summed E-state index contributed by atoms with van der Waals surface area (Å²) in [5.74, 6) is -0.431. The molecular formula is C11H14BrFN4O. The van der Waals surface area contributed by atoms with E-state index in [0.29, 0.717) is 5.33 Å². The van der Waals surface area contributed by atoms with E-state index in [1.807, 2.05) is 6.92 Å². The van der Waals surface area contributed by atoms with Crippen LogP contribution >= 0.6 is 15.9 Å². The number of nitrogens with zero attached hydrogens (tertiary/aromatic N) is 3. The molecule has 2 rings (SSSR count). The van der Waals surface area contributed by atoms with Gasteiger partial charge < -0.3 is 0 Å². The van der Waals surface area contributed by atoms with Gasteiger partial charge in [0.2, 0.25) is 0 Å². The Labute approximate surface area is 113 Å². The molecule has 0 spiro atoms. The number of anilines is 1. The zero-order valence-electron chi connectivity index (χ0n) is 10.4. The van der Waals surface area contributed by atoms with Crippen molar-refractivity contribution in [2.24, 2.45) is 0 Å². The van der Waals surface area contributed by atoms with Crippen LogP contribution in [0.25, 0.3) is 0 Å². The lowest BCUT2D eigenvalue weighted by Crippen LogP contribution is -2.40. The molecule has 1 aliphatic rings. The summed E-state index contributed by atoms with van der Waals surface area (Å²) in [6.45, 7) is 1.88. The van der Waals surface area contributed by atoms with Crippen LogP contribution in [0.2, 0.25) is 0 Å². The van der Waals surface area contributed by atoms with Gasteiger partial charge >= 0.3 is 6.03 Å². The second-order valence-corrected chi connectivity index (χ2v) is 4.65. The third kappa shape index (κ3) is 1.98. The number of benzene rings is 1. The van der Waals surface area contributed by atoms with Gasteiger partial charge in [0, 0.05) is 19.4 Å². The van der Waals surface area contributed by atoms with Crippen molar-refractivity contribution in [3.63, 3.8) is 0 Å². The lowest BCUT2D eigenvalue weighted by molar-refractivity contribution is 0.0652. The molecule has 98 valence electrons. The fourth-order valence-electron chi connectivity index (χ4n) is 1.79. The van der Waals surface area contributed by atoms with Crippen LogP contribution in [-0.4, -0.2) is 30.3 Å². The average Bonchev–Trinajstić information content (AvgIpc) is 2.59. The normalized spacial score (nSPS) is 16.8. The van der Waals surface area contributed by atoms with Gasteiger partial charge in [-0.05, 0) is 24.1 Å². The first-order valence-electron chi connectivity index (χ1n) is 5.39. The van der Waals surface area contributed by atoms with E-state index < -0.39 is 5.82 Å². The van der Waals surface area contributed by atoms with Crippen molar-refractivity contribution in [1.29, 1.82) is 0 Å². The molecule has 7 heteroatoms. The molecule has 1 fully saturated rings. The van der Waals surface area contributed by atoms with Crippen molar-refractivity contribution in [1.82, 2.24) is 15.7 Å². The van der Waals surface area contributed by atoms with Crippen LogP contribution in [0.1, 0.15) is 11.1 Å². The molecule has 0 aromatic heterocycles. The predicted molar refractivity (Wildman–Crippen MR) is 70.3 cm³/mol. The summed E-state index contributed by atoms with van der Waals surface area (Å²) < 4.78 is 14.0. The zero-order valence-corrected chi connectivity index (χ0v) is 12.0. The Morgan fingerprint density at radius 1 is 1.39 bits per heavy atom. The number of alkyl halides is 1. The summed E-state index contributed by atoms with van der Waals surface area (Å²) in [5, 5.41) is 4.53. The van der Waals surface area contributed by atoms with Crippen LogP contribution in [-0.2, 0) is 5.33 Å². The number of hydrazine groups is 3. The highest BCUT2D eigenvalue weighted by Gasteiger charge is 2.34. The third-order valence-electron chi connectivity index (χ3n) is 2.99. The van der Waals surface area contributed by atoms with Gasteiger partial charge in [0.05, 0.1) is 0 Å². The SMILES string of the molecule is Cc1ccc(F)c(N2NN(C)N(C)C2=O)c1CBr. The molecule has 1 aromatic carbocycles. The van der Waals surface area contributed by atoms with Gasteiger partial charge in [-0.1, -0.05) is 22.0 Å². The monoisotopic (exact) mass is 316 g/mol. The molecule has 1 saturated heterocycles. The Morgan fingerprint density at radius 3 is 2.56 bits per heavy atom. The van der Waals surface area contributed by atoms with Gasteiger partial charge in [-0.3, -0.25) is 0 Å². The summed E-state index contributed by atoms with van der Waals surface area (Å²) >= 11 is 3.33. The minimum Gasteiger partial charge on any atom is -0.245 e. The fraction of sp³-hybridized carbons (Fsp3) is 0.364. The van der Waals surface area contributed by atoms with E-state index in [0.717, 1.165) is 11.1 Å². The van der Waals surface area contributed by atoms with Crippen LogP contribution in [0, 0.1) is 12.7 Å². The molecule has 2 amide bonds. The van der Waals surface area contributed by atoms with Crippen molar-refractivity contribution in [3.8, 4) is 0 Å². The first kappa shape index (κ1) is 13.3. The minimum absolute atomic E-state index is 0.257. The van der Waals surface area contributed by atoms with Crippen molar-refractivity contribution in [2.45, 2.75) is 12.3 Å². The number of hydrogen-bond acceptors (Lipinski definition) is 3. The molecule has 1 aromatic rings. The van der Waals surface area contributed by atoms with Crippen molar-refractivity contribution < 1.29 is 9.18 Å². The number of amides is 2. The van der Waals surface area contributed by atoms with E-state index in [1.54, 1.807) is 20.2 Å². The van der Waals surface area contributed by atoms with Crippen LogP contribution in [0.3, 0.4) is 0 Å². The van der Waals surface area contributed by atoms with E-state index in [4.69, 9.17) is 0 Å². The van der Waals surface area contributed by atoms with Crippen LogP contribution < -0.4 is 10.5 Å². The number of carbonyl (C=O) groups excluding carboxylic acids is 1. The van der Waals surface area contributed by atoms with Gasteiger partial charge in [0.15, 0.2) is 0 Å². The summed E-state index contributed by atoms with van der Waals surface area (Å²) in [7, 11) is 3.29. The molecule has 1 heterocycles. The highest BCUT2D eigenvalue weighted by Crippen LogP contribution is 2.30. The molecule has 18 heavy (non-hydrogen) atoms. The maximum absolute atomic E-state index is 14.0. The van der Waals surface area contributed by atoms with Crippen LogP contribution in [0.4, 0.5) is 14.9 Å². The Morgan fingerprint density at radius 2 is 2.06 bits per heavy atom. The van der Waals surface area contributed by atoms with Crippen molar-refractivity contribution in [2.75, 3.05) is 19.1 Å². The lowest BCUT2D eigenvalue weighted by Gasteiger charge is -2.19. The highest BCUT2D eigenvalue weighted by molar-refractivity contribution is 9.08. The van der Waals surface area contributed by atoms with Crippen LogP contribution in [0.5, 0.6) is 0 Å². The number of hydrogen-bond donors (Lipinski definition) is 1. The Bertz CT molecular complexity index is 496. The van der Waals surface area contributed by atoms with Gasteiger partial charge in [-0.25, -0.2) is 19.2 Å².